The summed E-state index contributed by atoms with van der Waals surface area (Å²) in [6, 6.07) is 31.4. The highest BCUT2D eigenvalue weighted by Crippen LogP contribution is 2.40. The molecular weight excluding hydrogens is 294 g/mol. The third-order valence-corrected chi connectivity index (χ3v) is 4.39. The highest BCUT2D eigenvalue weighted by atomic mass is 16.6. The summed E-state index contributed by atoms with van der Waals surface area (Å²) in [6.07, 6.45) is 0. The summed E-state index contributed by atoms with van der Waals surface area (Å²) in [5.74, 6) is 0. The fourth-order valence-corrected chi connectivity index (χ4v) is 3.40. The minimum absolute atomic E-state index is 0.486. The quantitative estimate of drug-likeness (QED) is 0.367. The van der Waals surface area contributed by atoms with Crippen LogP contribution in [-0.4, -0.2) is 12.8 Å². The van der Waals surface area contributed by atoms with E-state index in [4.69, 9.17) is 4.84 Å². The van der Waals surface area contributed by atoms with Gasteiger partial charge in [0.25, 0.3) is 0 Å². The van der Waals surface area contributed by atoms with Crippen LogP contribution in [0.3, 0.4) is 0 Å². The molecule has 0 aliphatic carbocycles. The van der Waals surface area contributed by atoms with E-state index in [1.165, 1.54) is 16.7 Å². The van der Waals surface area contributed by atoms with Crippen molar-refractivity contribution in [3.63, 3.8) is 0 Å². The van der Waals surface area contributed by atoms with E-state index in [9.17, 15) is 0 Å². The smallest absolute Gasteiger partial charge is 0.106 e. The molecule has 0 saturated carbocycles. The Kier molecular flexibility index (Phi) is 4.76. The third kappa shape index (κ3) is 2.71. The van der Waals surface area contributed by atoms with Gasteiger partial charge in [-0.25, -0.2) is 0 Å². The van der Waals surface area contributed by atoms with E-state index in [0.29, 0.717) is 0 Å². The molecule has 0 N–H and O–H groups in total. The first-order valence-electron chi connectivity index (χ1n) is 8.05. The molecule has 0 radical (unpaired) electrons. The van der Waals surface area contributed by atoms with Gasteiger partial charge in [-0.3, -0.25) is 0 Å². The molecule has 0 aliphatic rings. The summed E-state index contributed by atoms with van der Waals surface area (Å²) in [6.45, 7) is 2.02. The van der Waals surface area contributed by atoms with E-state index >= 15 is 0 Å². The summed E-state index contributed by atoms with van der Waals surface area (Å²) in [5, 5.41) is 4.34. The van der Waals surface area contributed by atoms with E-state index in [1.54, 1.807) is 7.11 Å². The molecule has 0 bridgehead atoms. The molecule has 2 heteroatoms. The van der Waals surface area contributed by atoms with Crippen LogP contribution in [0, 0.1) is 0 Å². The van der Waals surface area contributed by atoms with Crippen LogP contribution in [0.15, 0.2) is 96.2 Å². The van der Waals surface area contributed by atoms with Gasteiger partial charge in [0.05, 0.1) is 11.1 Å². The van der Waals surface area contributed by atoms with E-state index < -0.39 is 5.41 Å². The Morgan fingerprint density at radius 2 is 1.00 bits per heavy atom. The number of nitrogens with zero attached hydrogens (tertiary/aromatic N) is 1. The van der Waals surface area contributed by atoms with Crippen molar-refractivity contribution in [3.8, 4) is 0 Å². The van der Waals surface area contributed by atoms with E-state index in [0.717, 1.165) is 5.71 Å². The molecule has 3 aromatic carbocycles. The largest absolute Gasteiger partial charge is 0.399 e. The van der Waals surface area contributed by atoms with Crippen molar-refractivity contribution in [3.05, 3.63) is 108 Å². The first-order valence-corrected chi connectivity index (χ1v) is 8.05. The molecule has 2 nitrogen and oxygen atoms in total. The van der Waals surface area contributed by atoms with Gasteiger partial charge in [-0.2, -0.15) is 0 Å². The second-order valence-electron chi connectivity index (χ2n) is 5.71. The second kappa shape index (κ2) is 7.14. The van der Waals surface area contributed by atoms with Gasteiger partial charge in [0, 0.05) is 0 Å². The van der Waals surface area contributed by atoms with Crippen LogP contribution in [-0.2, 0) is 10.3 Å². The highest BCUT2D eigenvalue weighted by molar-refractivity contribution is 5.99. The standard InChI is InChI=1S/C22H21NO/c1-18(23-24-2)22(19-12-6-3-7-13-19,20-14-8-4-9-15-20)21-16-10-5-11-17-21/h3-17H,1-2H3. The third-order valence-electron chi connectivity index (χ3n) is 4.39. The zero-order valence-electron chi connectivity index (χ0n) is 14.0. The van der Waals surface area contributed by atoms with Gasteiger partial charge in [-0.1, -0.05) is 96.2 Å². The maximum absolute atomic E-state index is 5.16. The van der Waals surface area contributed by atoms with Crippen LogP contribution in [0.2, 0.25) is 0 Å². The summed E-state index contributed by atoms with van der Waals surface area (Å²) >= 11 is 0. The molecule has 0 fully saturated rings. The lowest BCUT2D eigenvalue weighted by Crippen LogP contribution is -2.37. The number of hydrogen-bond acceptors (Lipinski definition) is 2. The van der Waals surface area contributed by atoms with E-state index in [1.807, 2.05) is 25.1 Å². The molecule has 3 aromatic rings. The van der Waals surface area contributed by atoms with Gasteiger partial charge < -0.3 is 4.84 Å². The predicted octanol–water partition coefficient (Wildman–Crippen LogP) is 5.04. The van der Waals surface area contributed by atoms with Crippen molar-refractivity contribution in [1.82, 2.24) is 0 Å². The first-order chi connectivity index (χ1) is 11.8. The summed E-state index contributed by atoms with van der Waals surface area (Å²) in [5.41, 5.74) is 3.91. The molecule has 120 valence electrons. The zero-order chi connectivity index (χ0) is 16.8. The molecule has 0 aliphatic heterocycles. The number of oxime groups is 1. The van der Waals surface area contributed by atoms with Crippen LogP contribution in [0.1, 0.15) is 23.6 Å². The van der Waals surface area contributed by atoms with Crippen LogP contribution in [0.4, 0.5) is 0 Å². The van der Waals surface area contributed by atoms with Gasteiger partial charge in [-0.15, -0.1) is 0 Å². The maximum atomic E-state index is 5.16. The van der Waals surface area contributed by atoms with Crippen molar-refractivity contribution < 1.29 is 4.84 Å². The molecule has 0 aromatic heterocycles. The molecule has 0 amide bonds. The lowest BCUT2D eigenvalue weighted by molar-refractivity contribution is 0.211. The van der Waals surface area contributed by atoms with E-state index in [-0.39, 0.29) is 0 Å². The first kappa shape index (κ1) is 16.0. The molecule has 0 heterocycles. The Labute approximate surface area is 143 Å². The number of benzene rings is 3. The van der Waals surface area contributed by atoms with Crippen molar-refractivity contribution >= 4 is 5.71 Å². The Hall–Kier alpha value is -2.87. The van der Waals surface area contributed by atoms with Crippen LogP contribution in [0.25, 0.3) is 0 Å². The minimum atomic E-state index is -0.486. The summed E-state index contributed by atoms with van der Waals surface area (Å²) < 4.78 is 0. The molecule has 24 heavy (non-hydrogen) atoms. The maximum Gasteiger partial charge on any atom is 0.106 e. The Morgan fingerprint density at radius 3 is 1.29 bits per heavy atom. The molecule has 3 rings (SSSR count). The number of hydrogen-bond donors (Lipinski definition) is 0. The Balaban J connectivity index is 2.40. The average Bonchev–Trinajstić information content (AvgIpc) is 2.65. The van der Waals surface area contributed by atoms with Gasteiger partial charge in [-0.05, 0) is 23.6 Å². The number of rotatable bonds is 5. The van der Waals surface area contributed by atoms with Gasteiger partial charge >= 0.3 is 0 Å². The average molecular weight is 315 g/mol. The van der Waals surface area contributed by atoms with Gasteiger partial charge in [0.2, 0.25) is 0 Å². The normalized spacial score (nSPS) is 12.0. The second-order valence-corrected chi connectivity index (χ2v) is 5.71. The summed E-state index contributed by atoms with van der Waals surface area (Å²) in [4.78, 5) is 5.16. The van der Waals surface area contributed by atoms with Crippen molar-refractivity contribution in [2.45, 2.75) is 12.3 Å². The lowest BCUT2D eigenvalue weighted by atomic mass is 9.66. The van der Waals surface area contributed by atoms with E-state index in [2.05, 4.69) is 78.0 Å². The molecule has 0 atom stereocenters. The molecule has 0 unspecified atom stereocenters. The zero-order valence-corrected chi connectivity index (χ0v) is 14.0. The van der Waals surface area contributed by atoms with Crippen LogP contribution >= 0.6 is 0 Å². The van der Waals surface area contributed by atoms with Crippen molar-refractivity contribution in [1.29, 1.82) is 0 Å². The Bertz CT molecular complexity index is 698. The van der Waals surface area contributed by atoms with Gasteiger partial charge in [0.15, 0.2) is 0 Å². The fourth-order valence-electron chi connectivity index (χ4n) is 3.40. The molecule has 0 saturated heterocycles. The molecular formula is C22H21NO. The summed E-state index contributed by atoms with van der Waals surface area (Å²) in [7, 11) is 1.59. The topological polar surface area (TPSA) is 21.6 Å². The predicted molar refractivity (Wildman–Crippen MR) is 99.3 cm³/mol. The van der Waals surface area contributed by atoms with Crippen molar-refractivity contribution in [2.24, 2.45) is 5.16 Å². The lowest BCUT2D eigenvalue weighted by Gasteiger charge is -2.35. The SMILES string of the molecule is CON=C(C)C(c1ccccc1)(c1ccccc1)c1ccccc1. The van der Waals surface area contributed by atoms with Crippen LogP contribution in [0.5, 0.6) is 0 Å². The monoisotopic (exact) mass is 315 g/mol. The Morgan fingerprint density at radius 1 is 0.667 bits per heavy atom. The minimum Gasteiger partial charge on any atom is -0.399 e. The van der Waals surface area contributed by atoms with Gasteiger partial charge in [0.1, 0.15) is 7.11 Å². The fraction of sp³-hybridized carbons (Fsp3) is 0.136. The van der Waals surface area contributed by atoms with Crippen molar-refractivity contribution in [2.75, 3.05) is 7.11 Å². The molecule has 0 spiro atoms. The highest BCUT2D eigenvalue weighted by Gasteiger charge is 2.39. The van der Waals surface area contributed by atoms with Crippen LogP contribution < -0.4 is 0 Å².